The Bertz CT molecular complexity index is 2600. The van der Waals surface area contributed by atoms with Gasteiger partial charge in [0.1, 0.15) is 23.4 Å². The minimum Gasteiger partial charge on any atom is -0.507 e. The number of esters is 2. The Hall–Kier alpha value is -3.43. The molecule has 21 heteroatoms. The lowest BCUT2D eigenvalue weighted by molar-refractivity contribution is -0.153. The Morgan fingerprint density at radius 2 is 1.03 bits per heavy atom. The van der Waals surface area contributed by atoms with Crippen molar-refractivity contribution >= 4 is 93.3 Å². The molecule has 65 heavy (non-hydrogen) atoms. The zero-order chi connectivity index (χ0) is 49.1. The third-order valence-corrected chi connectivity index (χ3v) is 12.7. The molecule has 0 spiro atoms. The maximum atomic E-state index is 12.8. The molecule has 0 saturated heterocycles. The smallest absolute Gasteiger partial charge is 0.412 e. The lowest BCUT2D eigenvalue weighted by Crippen LogP contribution is -2.24. The lowest BCUT2D eigenvalue weighted by Gasteiger charge is -2.27. The van der Waals surface area contributed by atoms with Crippen LogP contribution in [0.2, 0.25) is 10.0 Å². The second-order valence-corrected chi connectivity index (χ2v) is 26.8. The third kappa shape index (κ3) is 15.0. The van der Waals surface area contributed by atoms with Crippen LogP contribution in [-0.2, 0) is 56.2 Å². The molecule has 2 aliphatic rings. The topological polar surface area (TPSA) is 101 Å². The van der Waals surface area contributed by atoms with Gasteiger partial charge in [0.05, 0.1) is 0 Å². The Balaban J connectivity index is 0.000000243. The monoisotopic (exact) mass is 1040 g/mol. The van der Waals surface area contributed by atoms with Crippen molar-refractivity contribution in [2.45, 2.75) is 65.1 Å². The maximum Gasteiger partial charge on any atom is 0.412 e. The van der Waals surface area contributed by atoms with Gasteiger partial charge < -0.3 is 28.2 Å². The fraction of sp³-hybridized carbons (Fsp3) is 0.318. The van der Waals surface area contributed by atoms with Gasteiger partial charge in [-0.05, 0) is 111 Å². The van der Waals surface area contributed by atoms with Gasteiger partial charge in [-0.1, -0.05) is 107 Å². The number of hydrogen-bond donors (Lipinski definition) is 1. The van der Waals surface area contributed by atoms with E-state index in [2.05, 4.69) is 16.3 Å². The van der Waals surface area contributed by atoms with Gasteiger partial charge in [-0.25, -0.2) is 9.59 Å². The summed E-state index contributed by atoms with van der Waals surface area (Å²) in [5, 5.41) is 11.2. The normalized spacial score (nSPS) is 17.5. The van der Waals surface area contributed by atoms with Gasteiger partial charge in [0, 0.05) is 34.5 Å². The summed E-state index contributed by atoms with van der Waals surface area (Å²) in [5.74, 6) is -1.24. The highest BCUT2D eigenvalue weighted by Gasteiger charge is 2.46. The number of aliphatic hydroxyl groups is 1. The number of halogens is 9. The zero-order valence-electron chi connectivity index (χ0n) is 35.9. The molecular formula is C44H43Cl3F6O8P2S2. The van der Waals surface area contributed by atoms with Crippen molar-refractivity contribution in [1.82, 2.24) is 0 Å². The molecule has 0 aliphatic carbocycles. The van der Waals surface area contributed by atoms with Gasteiger partial charge in [0.2, 0.25) is 6.49 Å². The molecule has 0 aromatic heterocycles. The summed E-state index contributed by atoms with van der Waals surface area (Å²) in [7, 11) is 0. The molecule has 0 amide bonds. The number of cyclic esters (lactones) is 2. The summed E-state index contributed by atoms with van der Waals surface area (Å²) in [6.07, 6.45) is -8.90. The van der Waals surface area contributed by atoms with Crippen LogP contribution in [-0.4, -0.2) is 67.1 Å². The third-order valence-electron chi connectivity index (χ3n) is 9.20. The quantitative estimate of drug-likeness (QED) is 0.0939. The van der Waals surface area contributed by atoms with Gasteiger partial charge in [-0.3, -0.25) is 0 Å². The molecule has 0 fully saturated rings. The number of alkyl halides is 6. The Kier molecular flexibility index (Phi) is 17.4. The lowest BCUT2D eigenvalue weighted by atomic mass is 9.93. The molecular weight excluding hydrogens is 1000 g/mol. The zero-order valence-corrected chi connectivity index (χ0v) is 41.6. The number of benzene rings is 4. The Labute approximate surface area is 397 Å². The van der Waals surface area contributed by atoms with Crippen molar-refractivity contribution in [1.29, 1.82) is 0 Å². The van der Waals surface area contributed by atoms with E-state index >= 15 is 0 Å². The first-order valence-corrected chi connectivity index (χ1v) is 27.0. The van der Waals surface area contributed by atoms with E-state index in [4.69, 9.17) is 64.8 Å². The average molecular weight is 1050 g/mol. The number of aliphatic hydroxyl groups excluding tert-OH is 1. The fourth-order valence-corrected chi connectivity index (χ4v) is 8.91. The molecule has 1 N–H and O–H groups in total. The van der Waals surface area contributed by atoms with Crippen LogP contribution in [0.1, 0.15) is 49.9 Å². The minimum absolute atomic E-state index is 0.0298. The van der Waals surface area contributed by atoms with Crippen molar-refractivity contribution < 1.29 is 64.1 Å². The average Bonchev–Trinajstić information content (AvgIpc) is 3.53. The molecule has 352 valence electrons. The van der Waals surface area contributed by atoms with E-state index in [9.17, 15) is 41.0 Å². The summed E-state index contributed by atoms with van der Waals surface area (Å²) in [4.78, 5) is 24.9. The number of aryl methyl sites for hydroxylation is 2. The van der Waals surface area contributed by atoms with E-state index in [0.29, 0.717) is 26.7 Å². The molecule has 8 nitrogen and oxygen atoms in total. The van der Waals surface area contributed by atoms with Crippen LogP contribution in [0, 0.1) is 13.8 Å². The molecule has 6 rings (SSSR count). The van der Waals surface area contributed by atoms with E-state index in [0.717, 1.165) is 27.8 Å². The first kappa shape index (κ1) is 54.2. The van der Waals surface area contributed by atoms with Crippen LogP contribution >= 0.6 is 46.6 Å². The Morgan fingerprint density at radius 1 is 0.646 bits per heavy atom. The van der Waals surface area contributed by atoms with Gasteiger partial charge in [-0.2, -0.15) is 26.3 Å². The molecule has 2 unspecified atom stereocenters. The number of carbonyl (C=O) groups excluding carboxylic acids is 2. The highest BCUT2D eigenvalue weighted by atomic mass is 35.7. The number of hydrogen-bond acceptors (Lipinski definition) is 10. The van der Waals surface area contributed by atoms with Crippen molar-refractivity contribution in [3.63, 3.8) is 0 Å². The van der Waals surface area contributed by atoms with E-state index in [-0.39, 0.29) is 22.7 Å². The van der Waals surface area contributed by atoms with Crippen LogP contribution in [0.5, 0.6) is 0 Å². The summed E-state index contributed by atoms with van der Waals surface area (Å²) in [6.45, 7) is 6.38. The van der Waals surface area contributed by atoms with Crippen molar-refractivity contribution in [2.24, 2.45) is 0 Å². The predicted octanol–water partition coefficient (Wildman–Crippen LogP) is 14.6. The van der Waals surface area contributed by atoms with Crippen LogP contribution in [0.4, 0.5) is 26.3 Å². The second kappa shape index (κ2) is 20.8. The first-order valence-electron chi connectivity index (χ1n) is 19.1. The van der Waals surface area contributed by atoms with E-state index in [1.807, 2.05) is 79.7 Å². The maximum absolute atomic E-state index is 12.8. The number of rotatable bonds is 10. The standard InChI is InChI=1S/C22H21ClF3O4PS.C19H17ClO3.C3H5ClF3OPS/c1-13-10-16(14-8-6-5-7-9-14)17(23)11-15(13)18-19(21(2,3)29-20(18)27)30-31(4,32)28-12-22(24,25)26;1-11-9-14(12-7-5-4-6-8-12)15(20)10-13(11)16-17(21)19(2,3)23-18(16)22;1-9(4,10)8-2-3(5,6)7/h5-11H,12H2,1-4H3;4-10,21H,1-3H3;2H2,1H3. The molecule has 0 radical (unpaired) electrons. The summed E-state index contributed by atoms with van der Waals surface area (Å²) >= 11 is 27.8. The molecule has 4 aromatic carbocycles. The first-order chi connectivity index (χ1) is 29.7. The molecule has 2 atom stereocenters. The molecule has 2 aliphatic heterocycles. The molecule has 2 heterocycles. The van der Waals surface area contributed by atoms with E-state index in [1.165, 1.54) is 13.3 Å². The number of carbonyl (C=O) groups is 2. The predicted molar refractivity (Wildman–Crippen MR) is 251 cm³/mol. The minimum atomic E-state index is -4.56. The largest absolute Gasteiger partial charge is 0.507 e. The summed E-state index contributed by atoms with van der Waals surface area (Å²) in [6, 6.07) is 26.4. The van der Waals surface area contributed by atoms with Crippen molar-refractivity contribution in [3.8, 4) is 22.3 Å². The van der Waals surface area contributed by atoms with Crippen LogP contribution in [0.15, 0.2) is 96.4 Å². The number of ether oxygens (including phenoxy) is 2. The van der Waals surface area contributed by atoms with Gasteiger partial charge in [-0.15, -0.1) is 0 Å². The molecule has 0 saturated carbocycles. The van der Waals surface area contributed by atoms with E-state index in [1.54, 1.807) is 46.8 Å². The molecule has 0 bridgehead atoms. The van der Waals surface area contributed by atoms with Crippen LogP contribution in [0.25, 0.3) is 33.4 Å². The second-order valence-electron chi connectivity index (χ2n) is 15.6. The highest BCUT2D eigenvalue weighted by molar-refractivity contribution is 8.24. The van der Waals surface area contributed by atoms with Crippen molar-refractivity contribution in [2.75, 3.05) is 26.5 Å². The van der Waals surface area contributed by atoms with Gasteiger partial charge >= 0.3 is 24.3 Å². The summed E-state index contributed by atoms with van der Waals surface area (Å²) < 4.78 is 97.4. The van der Waals surface area contributed by atoms with Crippen molar-refractivity contribution in [3.05, 3.63) is 129 Å². The van der Waals surface area contributed by atoms with Crippen LogP contribution < -0.4 is 0 Å². The SMILES string of the molecule is CP(=S)(Cl)OCC(F)(F)F.Cc1cc(-c2ccccc2)c(Cl)cc1C1=C(O)C(C)(C)OC1=O.Cc1cc(-c2ccccc2)c(Cl)cc1C1=C(OP(C)(=S)OCC(F)(F)F)C(C)(C)OC1=O. The Morgan fingerprint density at radius 3 is 1.40 bits per heavy atom. The molecule has 4 aromatic rings. The fourth-order valence-electron chi connectivity index (χ4n) is 6.23. The van der Waals surface area contributed by atoms with Crippen LogP contribution in [0.3, 0.4) is 0 Å². The van der Waals surface area contributed by atoms with Gasteiger partial charge in [0.15, 0.2) is 29.3 Å². The van der Waals surface area contributed by atoms with Gasteiger partial charge in [0.25, 0.3) is 0 Å². The van der Waals surface area contributed by atoms with E-state index < -0.39 is 60.8 Å². The summed E-state index contributed by atoms with van der Waals surface area (Å²) in [5.41, 5.74) is 1.50. The highest BCUT2D eigenvalue weighted by Crippen LogP contribution is 2.54.